The van der Waals surface area contributed by atoms with Crippen molar-refractivity contribution in [3.63, 3.8) is 0 Å². The van der Waals surface area contributed by atoms with Gasteiger partial charge < -0.3 is 14.4 Å². The van der Waals surface area contributed by atoms with Crippen LogP contribution in [0.1, 0.15) is 22.3 Å². The minimum Gasteiger partial charge on any atom is -0.469 e. The van der Waals surface area contributed by atoms with Gasteiger partial charge >= 0.3 is 5.69 Å². The summed E-state index contributed by atoms with van der Waals surface area (Å²) in [5.41, 5.74) is 3.04. The summed E-state index contributed by atoms with van der Waals surface area (Å²) in [6.07, 6.45) is 1.62. The van der Waals surface area contributed by atoms with Crippen LogP contribution in [0.15, 0.2) is 38.1 Å². The average Bonchev–Trinajstić information content (AvgIpc) is 2.92. The lowest BCUT2D eigenvalue weighted by Crippen LogP contribution is -1.99. The highest BCUT2D eigenvalue weighted by Gasteiger charge is 2.19. The number of aromatic nitrogens is 2. The van der Waals surface area contributed by atoms with Gasteiger partial charge in [0, 0.05) is 10.0 Å². The number of hydrogen-bond donors (Lipinski definition) is 2. The van der Waals surface area contributed by atoms with Gasteiger partial charge in [0.05, 0.1) is 22.7 Å². The lowest BCUT2D eigenvalue weighted by atomic mass is 10.0. The van der Waals surface area contributed by atoms with Crippen LogP contribution in [0.25, 0.3) is 11.0 Å². The Labute approximate surface area is 121 Å². The van der Waals surface area contributed by atoms with E-state index in [0.29, 0.717) is 0 Å². The topological polar surface area (TPSA) is 61.8 Å². The predicted octanol–water partition coefficient (Wildman–Crippen LogP) is 3.85. The van der Waals surface area contributed by atoms with Crippen molar-refractivity contribution in [3.8, 4) is 0 Å². The van der Waals surface area contributed by atoms with Crippen LogP contribution in [-0.4, -0.2) is 9.97 Å². The molecule has 0 fully saturated rings. The minimum atomic E-state index is -0.337. The second kappa shape index (κ2) is 4.58. The maximum atomic E-state index is 11.3. The molecule has 0 radical (unpaired) electrons. The normalized spacial score (nSPS) is 13.0. The van der Waals surface area contributed by atoms with E-state index < -0.39 is 0 Å². The van der Waals surface area contributed by atoms with E-state index in [1.165, 1.54) is 0 Å². The van der Waals surface area contributed by atoms with E-state index >= 15 is 0 Å². The minimum absolute atomic E-state index is 0.232. The smallest absolute Gasteiger partial charge is 0.323 e. The second-order valence-corrected chi connectivity index (χ2v) is 5.58. The first-order valence-electron chi connectivity index (χ1n) is 5.66. The van der Waals surface area contributed by atoms with Crippen molar-refractivity contribution < 1.29 is 4.42 Å². The number of H-pyrrole nitrogens is 2. The Kier molecular flexibility index (Phi) is 3.03. The molecule has 1 unspecified atom stereocenters. The molecule has 0 saturated heterocycles. The summed E-state index contributed by atoms with van der Waals surface area (Å²) in [5, 5.41) is -0.337. The molecule has 0 amide bonds. The summed E-state index contributed by atoms with van der Waals surface area (Å²) in [6.45, 7) is 1.87. The zero-order chi connectivity index (χ0) is 13.6. The Morgan fingerprint density at radius 1 is 1.26 bits per heavy atom. The maximum absolute atomic E-state index is 11.3. The quantitative estimate of drug-likeness (QED) is 0.696. The van der Waals surface area contributed by atoms with Crippen LogP contribution in [0, 0.1) is 6.92 Å². The molecule has 4 nitrogen and oxygen atoms in total. The number of aromatic amines is 2. The van der Waals surface area contributed by atoms with Crippen LogP contribution >= 0.6 is 27.5 Å². The fourth-order valence-electron chi connectivity index (χ4n) is 2.09. The first kappa shape index (κ1) is 12.6. The number of aryl methyl sites for hydroxylation is 1. The van der Waals surface area contributed by atoms with Gasteiger partial charge in [-0.25, -0.2) is 4.79 Å². The Bertz CT molecular complexity index is 802. The lowest BCUT2D eigenvalue weighted by molar-refractivity contribution is 0.530. The van der Waals surface area contributed by atoms with Crippen LogP contribution < -0.4 is 5.69 Å². The van der Waals surface area contributed by atoms with Crippen molar-refractivity contribution in [2.24, 2.45) is 0 Å². The number of nitrogens with one attached hydrogen (secondary N) is 2. The Balaban J connectivity index is 2.16. The van der Waals surface area contributed by atoms with Crippen molar-refractivity contribution in [2.75, 3.05) is 0 Å². The Morgan fingerprint density at radius 2 is 1.95 bits per heavy atom. The lowest BCUT2D eigenvalue weighted by Gasteiger charge is -2.11. The van der Waals surface area contributed by atoms with Crippen LogP contribution in [-0.2, 0) is 0 Å². The van der Waals surface area contributed by atoms with E-state index in [0.717, 1.165) is 32.4 Å². The number of fused-ring (bicyclic) bond motifs is 1. The standard InChI is InChI=1S/C13H10BrClN2O2/c1-6-7(2-3-19-6)12(15)8-4-10-11(5-9(8)14)17-13(18)16-10/h2-5,12H,1H3,(H2,16,17,18). The van der Waals surface area contributed by atoms with Gasteiger partial charge in [-0.05, 0) is 30.7 Å². The number of hydrogen-bond acceptors (Lipinski definition) is 2. The van der Waals surface area contributed by atoms with Gasteiger partial charge in [0.25, 0.3) is 0 Å². The van der Waals surface area contributed by atoms with E-state index in [9.17, 15) is 4.79 Å². The summed E-state index contributed by atoms with van der Waals surface area (Å²) in [4.78, 5) is 16.7. The van der Waals surface area contributed by atoms with Gasteiger partial charge in [0.2, 0.25) is 0 Å². The first-order chi connectivity index (χ1) is 9.06. The Hall–Kier alpha value is -1.46. The summed E-state index contributed by atoms with van der Waals surface area (Å²) in [6, 6.07) is 5.55. The largest absolute Gasteiger partial charge is 0.469 e. The van der Waals surface area contributed by atoms with Crippen molar-refractivity contribution in [3.05, 3.63) is 56.3 Å². The van der Waals surface area contributed by atoms with Gasteiger partial charge in [-0.15, -0.1) is 11.6 Å². The summed E-state index contributed by atoms with van der Waals surface area (Å²) < 4.78 is 6.12. The molecule has 0 aliphatic rings. The highest BCUT2D eigenvalue weighted by molar-refractivity contribution is 9.10. The Morgan fingerprint density at radius 3 is 2.58 bits per heavy atom. The molecule has 0 saturated carbocycles. The number of imidazole rings is 1. The van der Waals surface area contributed by atoms with E-state index in [2.05, 4.69) is 25.9 Å². The molecule has 6 heteroatoms. The third kappa shape index (κ3) is 2.13. The van der Waals surface area contributed by atoms with Gasteiger partial charge in [-0.3, -0.25) is 0 Å². The van der Waals surface area contributed by atoms with Gasteiger partial charge in [-0.2, -0.15) is 0 Å². The molecule has 0 bridgehead atoms. The molecule has 1 atom stereocenters. The molecule has 3 aromatic rings. The molecule has 19 heavy (non-hydrogen) atoms. The molecule has 0 aliphatic carbocycles. The van der Waals surface area contributed by atoms with Gasteiger partial charge in [-0.1, -0.05) is 15.9 Å². The van der Waals surface area contributed by atoms with Crippen molar-refractivity contribution >= 4 is 38.6 Å². The molecule has 0 spiro atoms. The van der Waals surface area contributed by atoms with Crippen LogP contribution in [0.5, 0.6) is 0 Å². The maximum Gasteiger partial charge on any atom is 0.323 e. The third-order valence-corrected chi connectivity index (χ3v) is 4.24. The zero-order valence-electron chi connectivity index (χ0n) is 9.96. The molecule has 2 N–H and O–H groups in total. The number of rotatable bonds is 2. The second-order valence-electron chi connectivity index (χ2n) is 4.29. The number of benzene rings is 1. The summed E-state index contributed by atoms with van der Waals surface area (Å²) in [7, 11) is 0. The van der Waals surface area contributed by atoms with E-state index in [4.69, 9.17) is 16.0 Å². The van der Waals surface area contributed by atoms with Crippen molar-refractivity contribution in [2.45, 2.75) is 12.3 Å². The average molecular weight is 342 g/mol. The van der Waals surface area contributed by atoms with Crippen molar-refractivity contribution in [1.82, 2.24) is 9.97 Å². The van der Waals surface area contributed by atoms with E-state index in [1.807, 2.05) is 25.1 Å². The monoisotopic (exact) mass is 340 g/mol. The molecule has 0 aliphatic heterocycles. The molecule has 3 rings (SSSR count). The highest BCUT2D eigenvalue weighted by Crippen LogP contribution is 2.37. The number of alkyl halides is 1. The number of furan rings is 1. The van der Waals surface area contributed by atoms with Crippen LogP contribution in [0.3, 0.4) is 0 Å². The molecular formula is C13H10BrClN2O2. The fraction of sp³-hybridized carbons (Fsp3) is 0.154. The molecular weight excluding hydrogens is 332 g/mol. The van der Waals surface area contributed by atoms with E-state index in [1.54, 1.807) is 6.26 Å². The third-order valence-electron chi connectivity index (χ3n) is 3.08. The van der Waals surface area contributed by atoms with Gasteiger partial charge in [0.1, 0.15) is 5.76 Å². The van der Waals surface area contributed by atoms with Crippen LogP contribution in [0.4, 0.5) is 0 Å². The predicted molar refractivity (Wildman–Crippen MR) is 77.8 cm³/mol. The fourth-order valence-corrected chi connectivity index (χ4v) is 3.20. The molecule has 1 aromatic carbocycles. The molecule has 2 heterocycles. The van der Waals surface area contributed by atoms with Crippen molar-refractivity contribution in [1.29, 1.82) is 0 Å². The summed E-state index contributed by atoms with van der Waals surface area (Å²) in [5.74, 6) is 0.787. The van der Waals surface area contributed by atoms with Crippen LogP contribution in [0.2, 0.25) is 0 Å². The first-order valence-corrected chi connectivity index (χ1v) is 6.88. The zero-order valence-corrected chi connectivity index (χ0v) is 12.3. The number of halogens is 2. The highest BCUT2D eigenvalue weighted by atomic mass is 79.9. The molecule has 2 aromatic heterocycles. The van der Waals surface area contributed by atoms with E-state index in [-0.39, 0.29) is 11.1 Å². The summed E-state index contributed by atoms with van der Waals surface area (Å²) >= 11 is 9.98. The SMILES string of the molecule is Cc1occc1C(Cl)c1cc2[nH]c(=O)[nH]c2cc1Br. The molecule has 98 valence electrons. The van der Waals surface area contributed by atoms with Gasteiger partial charge in [0.15, 0.2) is 0 Å².